The topological polar surface area (TPSA) is 26.8 Å². The summed E-state index contributed by atoms with van der Waals surface area (Å²) in [5.41, 5.74) is 3.59. The van der Waals surface area contributed by atoms with Gasteiger partial charge in [-0.25, -0.2) is 0 Å². The SMILES string of the molecule is CN(C)c1ccc(CN2C[C@H]3CN(C(=O)Cc4ccc(Cl)cc4)C[C@@H]32)cc1. The molecule has 0 unspecified atom stereocenters. The lowest BCUT2D eigenvalue weighted by Gasteiger charge is -2.43. The van der Waals surface area contributed by atoms with Crippen LogP contribution in [0.1, 0.15) is 11.1 Å². The number of anilines is 1. The van der Waals surface area contributed by atoms with Crippen LogP contribution in [0.3, 0.4) is 0 Å². The van der Waals surface area contributed by atoms with Crippen LogP contribution in [0.25, 0.3) is 0 Å². The van der Waals surface area contributed by atoms with Crippen molar-refractivity contribution in [2.75, 3.05) is 38.6 Å². The van der Waals surface area contributed by atoms with Crippen LogP contribution in [0.4, 0.5) is 5.69 Å². The molecule has 2 aromatic carbocycles. The fourth-order valence-electron chi connectivity index (χ4n) is 4.15. The van der Waals surface area contributed by atoms with Crippen LogP contribution in [0.2, 0.25) is 5.02 Å². The fourth-order valence-corrected chi connectivity index (χ4v) is 4.28. The number of amides is 1. The highest BCUT2D eigenvalue weighted by molar-refractivity contribution is 6.30. The first-order valence-electron chi connectivity index (χ1n) is 9.52. The van der Waals surface area contributed by atoms with Crippen molar-refractivity contribution >= 4 is 23.2 Å². The van der Waals surface area contributed by atoms with Crippen LogP contribution in [0.5, 0.6) is 0 Å². The van der Waals surface area contributed by atoms with Gasteiger partial charge in [-0.3, -0.25) is 9.69 Å². The van der Waals surface area contributed by atoms with Crippen molar-refractivity contribution in [3.8, 4) is 0 Å². The number of carbonyl (C=O) groups excluding carboxylic acids is 1. The van der Waals surface area contributed by atoms with E-state index >= 15 is 0 Å². The predicted molar refractivity (Wildman–Crippen MR) is 110 cm³/mol. The van der Waals surface area contributed by atoms with E-state index in [9.17, 15) is 4.79 Å². The Labute approximate surface area is 166 Å². The van der Waals surface area contributed by atoms with E-state index < -0.39 is 0 Å². The van der Waals surface area contributed by atoms with Crippen molar-refractivity contribution in [3.05, 3.63) is 64.7 Å². The lowest BCUT2D eigenvalue weighted by molar-refractivity contribution is -0.129. The van der Waals surface area contributed by atoms with E-state index in [1.807, 2.05) is 29.2 Å². The zero-order valence-corrected chi connectivity index (χ0v) is 16.7. The summed E-state index contributed by atoms with van der Waals surface area (Å²) in [4.78, 5) is 19.3. The van der Waals surface area contributed by atoms with E-state index in [2.05, 4.69) is 48.2 Å². The lowest BCUT2D eigenvalue weighted by atomic mass is 9.91. The Kier molecular flexibility index (Phi) is 5.11. The van der Waals surface area contributed by atoms with Gasteiger partial charge >= 0.3 is 0 Å². The molecule has 27 heavy (non-hydrogen) atoms. The summed E-state index contributed by atoms with van der Waals surface area (Å²) in [5, 5.41) is 0.708. The average molecular weight is 384 g/mol. The molecule has 2 heterocycles. The average Bonchev–Trinajstić information content (AvgIpc) is 2.99. The van der Waals surface area contributed by atoms with Crippen molar-refractivity contribution in [2.45, 2.75) is 19.0 Å². The molecule has 0 spiro atoms. The van der Waals surface area contributed by atoms with Gasteiger partial charge in [-0.15, -0.1) is 0 Å². The van der Waals surface area contributed by atoms with Crippen molar-refractivity contribution in [1.29, 1.82) is 0 Å². The maximum Gasteiger partial charge on any atom is 0.227 e. The first-order chi connectivity index (χ1) is 13.0. The summed E-state index contributed by atoms with van der Waals surface area (Å²) in [5.74, 6) is 0.849. The van der Waals surface area contributed by atoms with E-state index in [0.29, 0.717) is 23.4 Å². The number of carbonyl (C=O) groups is 1. The minimum Gasteiger partial charge on any atom is -0.378 e. The highest BCUT2D eigenvalue weighted by Crippen LogP contribution is 2.34. The van der Waals surface area contributed by atoms with Gasteiger partial charge in [0.15, 0.2) is 0 Å². The molecule has 2 aliphatic rings. The van der Waals surface area contributed by atoms with Gasteiger partial charge in [0.1, 0.15) is 0 Å². The maximum absolute atomic E-state index is 12.7. The third-order valence-electron chi connectivity index (χ3n) is 5.80. The van der Waals surface area contributed by atoms with Gasteiger partial charge in [-0.05, 0) is 35.4 Å². The quantitative estimate of drug-likeness (QED) is 0.792. The molecule has 0 N–H and O–H groups in total. The smallest absolute Gasteiger partial charge is 0.227 e. The Morgan fingerprint density at radius 1 is 1.00 bits per heavy atom. The molecule has 4 rings (SSSR count). The Morgan fingerprint density at radius 3 is 2.33 bits per heavy atom. The van der Waals surface area contributed by atoms with Crippen molar-refractivity contribution in [1.82, 2.24) is 9.80 Å². The van der Waals surface area contributed by atoms with Crippen LogP contribution >= 0.6 is 11.6 Å². The Hall–Kier alpha value is -2.04. The largest absolute Gasteiger partial charge is 0.378 e. The number of likely N-dealkylation sites (tertiary alicyclic amines) is 2. The van der Waals surface area contributed by atoms with Gasteiger partial charge in [0.05, 0.1) is 6.42 Å². The first kappa shape index (κ1) is 18.3. The van der Waals surface area contributed by atoms with Gasteiger partial charge in [0.25, 0.3) is 0 Å². The maximum atomic E-state index is 12.7. The molecule has 4 nitrogen and oxygen atoms in total. The summed E-state index contributed by atoms with van der Waals surface area (Å²) in [6.45, 7) is 3.80. The molecule has 1 amide bonds. The molecule has 0 bridgehead atoms. The molecular formula is C22H26ClN3O. The number of fused-ring (bicyclic) bond motifs is 1. The Morgan fingerprint density at radius 2 is 1.67 bits per heavy atom. The van der Waals surface area contributed by atoms with E-state index in [-0.39, 0.29) is 5.91 Å². The van der Waals surface area contributed by atoms with Gasteiger partial charge in [0, 0.05) is 62.9 Å². The van der Waals surface area contributed by atoms with E-state index in [4.69, 9.17) is 11.6 Å². The minimum atomic E-state index is 0.224. The second-order valence-electron chi connectivity index (χ2n) is 7.92. The zero-order chi connectivity index (χ0) is 19.0. The number of hydrogen-bond acceptors (Lipinski definition) is 3. The molecule has 0 radical (unpaired) electrons. The molecule has 0 aromatic heterocycles. The van der Waals surface area contributed by atoms with Crippen molar-refractivity contribution in [2.24, 2.45) is 5.92 Å². The van der Waals surface area contributed by atoms with Crippen LogP contribution in [0, 0.1) is 5.92 Å². The molecule has 2 atom stereocenters. The second-order valence-corrected chi connectivity index (χ2v) is 8.36. The molecule has 142 valence electrons. The monoisotopic (exact) mass is 383 g/mol. The predicted octanol–water partition coefficient (Wildman–Crippen LogP) is 3.29. The standard InChI is InChI=1S/C22H26ClN3O/c1-24(2)20-9-5-17(6-10-20)12-25-13-18-14-26(15-21(18)25)22(27)11-16-3-7-19(23)8-4-16/h3-10,18,21H,11-15H2,1-2H3/t18-,21-/m0/s1. The number of rotatable bonds is 5. The van der Waals surface area contributed by atoms with Crippen LogP contribution in [0.15, 0.2) is 48.5 Å². The highest BCUT2D eigenvalue weighted by Gasteiger charge is 2.46. The van der Waals surface area contributed by atoms with Crippen LogP contribution in [-0.2, 0) is 17.8 Å². The summed E-state index contributed by atoms with van der Waals surface area (Å²) < 4.78 is 0. The first-order valence-corrected chi connectivity index (χ1v) is 9.90. The van der Waals surface area contributed by atoms with E-state index in [1.165, 1.54) is 11.3 Å². The summed E-state index contributed by atoms with van der Waals surface area (Å²) in [6.07, 6.45) is 0.461. The Bertz CT molecular complexity index is 803. The van der Waals surface area contributed by atoms with Gasteiger partial charge in [-0.2, -0.15) is 0 Å². The van der Waals surface area contributed by atoms with Crippen LogP contribution < -0.4 is 4.90 Å². The molecule has 2 fully saturated rings. The summed E-state index contributed by atoms with van der Waals surface area (Å²) in [6, 6.07) is 16.8. The Balaban J connectivity index is 1.31. The number of nitrogens with zero attached hydrogens (tertiary/aromatic N) is 3. The third kappa shape index (κ3) is 3.97. The lowest BCUT2D eigenvalue weighted by Crippen LogP contribution is -2.54. The van der Waals surface area contributed by atoms with Gasteiger partial charge < -0.3 is 9.80 Å². The van der Waals surface area contributed by atoms with E-state index in [0.717, 1.165) is 31.7 Å². The molecule has 2 aliphatic heterocycles. The van der Waals surface area contributed by atoms with Crippen molar-refractivity contribution in [3.63, 3.8) is 0 Å². The second kappa shape index (κ2) is 7.53. The molecule has 0 saturated carbocycles. The fraction of sp³-hybridized carbons (Fsp3) is 0.409. The van der Waals surface area contributed by atoms with E-state index in [1.54, 1.807) is 0 Å². The number of halogens is 1. The number of benzene rings is 2. The third-order valence-corrected chi connectivity index (χ3v) is 6.06. The summed E-state index contributed by atoms with van der Waals surface area (Å²) >= 11 is 5.93. The molecule has 2 saturated heterocycles. The molecule has 0 aliphatic carbocycles. The molecular weight excluding hydrogens is 358 g/mol. The zero-order valence-electron chi connectivity index (χ0n) is 15.9. The van der Waals surface area contributed by atoms with Gasteiger partial charge in [0.2, 0.25) is 5.91 Å². The number of hydrogen-bond donors (Lipinski definition) is 0. The van der Waals surface area contributed by atoms with Gasteiger partial charge in [-0.1, -0.05) is 35.9 Å². The summed E-state index contributed by atoms with van der Waals surface area (Å²) in [7, 11) is 4.12. The molecule has 5 heteroatoms. The van der Waals surface area contributed by atoms with Crippen LogP contribution in [-0.4, -0.2) is 55.5 Å². The van der Waals surface area contributed by atoms with Crippen molar-refractivity contribution < 1.29 is 4.79 Å². The molecule has 2 aromatic rings. The minimum absolute atomic E-state index is 0.224. The normalized spacial score (nSPS) is 21.7. The highest BCUT2D eigenvalue weighted by atomic mass is 35.5.